The standard InChI is InChI=1S/C6H12N/c1-2-7-5-3-4-6-7/h2H,3-6H2,1H3/q+1. The Labute approximate surface area is 44.7 Å². The van der Waals surface area contributed by atoms with Crippen LogP contribution in [0.25, 0.3) is 0 Å². The third-order valence-electron chi connectivity index (χ3n) is 1.51. The van der Waals surface area contributed by atoms with Gasteiger partial charge in [0.15, 0.2) is 0 Å². The van der Waals surface area contributed by atoms with E-state index in [0.717, 1.165) is 0 Å². The van der Waals surface area contributed by atoms with E-state index in [1.165, 1.54) is 25.9 Å². The van der Waals surface area contributed by atoms with Gasteiger partial charge in [-0.2, -0.15) is 0 Å². The molecule has 40 valence electrons. The molecule has 1 saturated heterocycles. The van der Waals surface area contributed by atoms with Gasteiger partial charge in [-0.3, -0.25) is 0 Å². The number of hydrogen-bond acceptors (Lipinski definition) is 0. The largest absolute Gasteiger partial charge is 0.240 e. The lowest BCUT2D eigenvalue weighted by Crippen LogP contribution is -2.04. The first-order valence-corrected chi connectivity index (χ1v) is 2.97. The molecule has 0 atom stereocenters. The molecule has 7 heavy (non-hydrogen) atoms. The van der Waals surface area contributed by atoms with Crippen molar-refractivity contribution in [3.63, 3.8) is 0 Å². The van der Waals surface area contributed by atoms with E-state index in [0.29, 0.717) is 0 Å². The van der Waals surface area contributed by atoms with Crippen molar-refractivity contribution in [1.29, 1.82) is 0 Å². The molecule has 0 aromatic rings. The van der Waals surface area contributed by atoms with Crippen LogP contribution in [0.1, 0.15) is 19.8 Å². The molecule has 1 heterocycles. The van der Waals surface area contributed by atoms with Gasteiger partial charge in [0.05, 0.1) is 0 Å². The SMILES string of the molecule is CC=[N+]1CCCC1. The molecule has 1 rings (SSSR count). The number of rotatable bonds is 0. The Balaban J connectivity index is 2.41. The fourth-order valence-corrected chi connectivity index (χ4v) is 1.000. The van der Waals surface area contributed by atoms with Crippen molar-refractivity contribution in [3.05, 3.63) is 0 Å². The van der Waals surface area contributed by atoms with E-state index in [-0.39, 0.29) is 0 Å². The van der Waals surface area contributed by atoms with E-state index in [4.69, 9.17) is 0 Å². The molecule has 0 aliphatic carbocycles. The van der Waals surface area contributed by atoms with Crippen molar-refractivity contribution in [1.82, 2.24) is 0 Å². The molecule has 1 nitrogen and oxygen atoms in total. The van der Waals surface area contributed by atoms with Crippen LogP contribution in [-0.2, 0) is 0 Å². The van der Waals surface area contributed by atoms with Gasteiger partial charge in [0.2, 0.25) is 0 Å². The Morgan fingerprint density at radius 1 is 1.29 bits per heavy atom. The first-order valence-electron chi connectivity index (χ1n) is 2.97. The maximum Gasteiger partial charge on any atom is 0.142 e. The topological polar surface area (TPSA) is 3.01 Å². The maximum absolute atomic E-state index is 2.36. The number of hydrogen-bond donors (Lipinski definition) is 0. The predicted octanol–water partition coefficient (Wildman–Crippen LogP) is 0.883. The van der Waals surface area contributed by atoms with E-state index < -0.39 is 0 Å². The van der Waals surface area contributed by atoms with Crippen molar-refractivity contribution in [2.75, 3.05) is 13.1 Å². The van der Waals surface area contributed by atoms with Crippen molar-refractivity contribution in [2.45, 2.75) is 19.8 Å². The molecule has 0 aromatic heterocycles. The summed E-state index contributed by atoms with van der Waals surface area (Å²) in [5.41, 5.74) is 0. The Morgan fingerprint density at radius 2 is 1.86 bits per heavy atom. The summed E-state index contributed by atoms with van der Waals surface area (Å²) in [6.07, 6.45) is 4.96. The second kappa shape index (κ2) is 2.10. The Kier molecular flexibility index (Phi) is 1.45. The van der Waals surface area contributed by atoms with E-state index in [9.17, 15) is 0 Å². The van der Waals surface area contributed by atoms with Gasteiger partial charge < -0.3 is 0 Å². The lowest BCUT2D eigenvalue weighted by molar-refractivity contribution is -0.501. The fourth-order valence-electron chi connectivity index (χ4n) is 1.000. The third-order valence-corrected chi connectivity index (χ3v) is 1.51. The summed E-state index contributed by atoms with van der Waals surface area (Å²) in [6, 6.07) is 0. The van der Waals surface area contributed by atoms with E-state index in [1.54, 1.807) is 0 Å². The molecule has 0 radical (unpaired) electrons. The molecule has 0 aromatic carbocycles. The molecule has 0 N–H and O–H groups in total. The summed E-state index contributed by atoms with van der Waals surface area (Å²) in [7, 11) is 0. The van der Waals surface area contributed by atoms with E-state index in [2.05, 4.69) is 17.7 Å². The maximum atomic E-state index is 2.36. The molecule has 1 fully saturated rings. The normalized spacial score (nSPS) is 20.4. The first-order chi connectivity index (χ1) is 3.43. The minimum absolute atomic E-state index is 1.29. The monoisotopic (exact) mass is 98.1 g/mol. The van der Waals surface area contributed by atoms with Gasteiger partial charge in [-0.15, -0.1) is 0 Å². The Bertz CT molecular complexity index is 76.2. The lowest BCUT2D eigenvalue weighted by Gasteiger charge is -1.83. The van der Waals surface area contributed by atoms with Gasteiger partial charge in [-0.25, -0.2) is 4.58 Å². The highest BCUT2D eigenvalue weighted by atomic mass is 15.0. The average molecular weight is 98.2 g/mol. The highest BCUT2D eigenvalue weighted by Crippen LogP contribution is 1.98. The van der Waals surface area contributed by atoms with E-state index >= 15 is 0 Å². The van der Waals surface area contributed by atoms with Crippen LogP contribution < -0.4 is 0 Å². The minimum Gasteiger partial charge on any atom is -0.240 e. The summed E-state index contributed by atoms with van der Waals surface area (Å²) in [6.45, 7) is 4.68. The molecule has 0 unspecified atom stereocenters. The van der Waals surface area contributed by atoms with Crippen LogP contribution >= 0.6 is 0 Å². The molecule has 1 aliphatic heterocycles. The van der Waals surface area contributed by atoms with Crippen LogP contribution in [0.2, 0.25) is 0 Å². The summed E-state index contributed by atoms with van der Waals surface area (Å²) in [5.74, 6) is 0. The van der Waals surface area contributed by atoms with E-state index in [1.807, 2.05) is 0 Å². The van der Waals surface area contributed by atoms with Gasteiger partial charge in [0.25, 0.3) is 0 Å². The number of nitrogens with zero attached hydrogens (tertiary/aromatic N) is 1. The molecular formula is C6H12N+. The Morgan fingerprint density at radius 3 is 2.14 bits per heavy atom. The lowest BCUT2D eigenvalue weighted by atomic mass is 10.4. The van der Waals surface area contributed by atoms with Crippen molar-refractivity contribution < 1.29 is 4.58 Å². The Hall–Kier alpha value is -0.330. The second-order valence-electron chi connectivity index (χ2n) is 2.00. The average Bonchev–Trinajstić information content (AvgIpc) is 2.14. The molecule has 0 amide bonds. The van der Waals surface area contributed by atoms with Crippen LogP contribution in [0.3, 0.4) is 0 Å². The predicted molar refractivity (Wildman–Crippen MR) is 31.0 cm³/mol. The van der Waals surface area contributed by atoms with Gasteiger partial charge in [-0.1, -0.05) is 0 Å². The summed E-state index contributed by atoms with van der Waals surface area (Å²) in [5, 5.41) is 0. The zero-order chi connectivity index (χ0) is 5.11. The van der Waals surface area contributed by atoms with Gasteiger partial charge >= 0.3 is 0 Å². The third kappa shape index (κ3) is 1.02. The van der Waals surface area contributed by atoms with Gasteiger partial charge in [0, 0.05) is 19.8 Å². The quantitative estimate of drug-likeness (QED) is 0.396. The fraction of sp³-hybridized carbons (Fsp3) is 0.833. The molecule has 0 saturated carbocycles. The van der Waals surface area contributed by atoms with Crippen LogP contribution in [0.4, 0.5) is 0 Å². The van der Waals surface area contributed by atoms with Crippen molar-refractivity contribution in [2.24, 2.45) is 0 Å². The minimum atomic E-state index is 1.29. The summed E-state index contributed by atoms with van der Waals surface area (Å²) >= 11 is 0. The second-order valence-corrected chi connectivity index (χ2v) is 2.00. The van der Waals surface area contributed by atoms with Crippen molar-refractivity contribution >= 4 is 6.21 Å². The zero-order valence-corrected chi connectivity index (χ0v) is 4.85. The highest BCUT2D eigenvalue weighted by Gasteiger charge is 2.09. The summed E-state index contributed by atoms with van der Waals surface area (Å²) in [4.78, 5) is 0. The van der Waals surface area contributed by atoms with Crippen LogP contribution in [0.5, 0.6) is 0 Å². The molecule has 0 bridgehead atoms. The zero-order valence-electron chi connectivity index (χ0n) is 4.85. The van der Waals surface area contributed by atoms with Crippen LogP contribution in [0.15, 0.2) is 0 Å². The van der Waals surface area contributed by atoms with Gasteiger partial charge in [-0.05, 0) is 0 Å². The molecule has 0 spiro atoms. The van der Waals surface area contributed by atoms with Crippen molar-refractivity contribution in [3.8, 4) is 0 Å². The molecule has 1 heteroatoms. The molecule has 1 aliphatic rings. The summed E-state index contributed by atoms with van der Waals surface area (Å²) < 4.78 is 2.36. The van der Waals surface area contributed by atoms with Crippen LogP contribution in [-0.4, -0.2) is 23.9 Å². The van der Waals surface area contributed by atoms with Gasteiger partial charge in [0.1, 0.15) is 19.3 Å². The first kappa shape index (κ1) is 4.82. The molecular weight excluding hydrogens is 86.1 g/mol. The van der Waals surface area contributed by atoms with Crippen LogP contribution in [0, 0.1) is 0 Å². The highest BCUT2D eigenvalue weighted by molar-refractivity contribution is 5.46. The smallest absolute Gasteiger partial charge is 0.142 e.